The Balaban J connectivity index is 0.00000676. The summed E-state index contributed by atoms with van der Waals surface area (Å²) in [6, 6.07) is 8.85. The van der Waals surface area contributed by atoms with Crippen LogP contribution in [0.1, 0.15) is 102 Å². The summed E-state index contributed by atoms with van der Waals surface area (Å²) in [6.07, 6.45) is 20.1. The summed E-state index contributed by atoms with van der Waals surface area (Å²) in [5.74, 6) is 0. The lowest BCUT2D eigenvalue weighted by atomic mass is 10.0. The van der Waals surface area contributed by atoms with Crippen LogP contribution in [0, 0.1) is 6.92 Å². The molecule has 0 spiro atoms. The highest BCUT2D eigenvalue weighted by molar-refractivity contribution is 5.48. The van der Waals surface area contributed by atoms with Gasteiger partial charge in [0.15, 0.2) is 0 Å². The number of unbranched alkanes of at least 4 members (excludes halogenated alkanes) is 13. The van der Waals surface area contributed by atoms with Gasteiger partial charge in [-0.3, -0.25) is 4.48 Å². The van der Waals surface area contributed by atoms with Crippen molar-refractivity contribution in [2.75, 3.05) is 20.6 Å². The number of aryl methyl sites for hydroxylation is 1. The van der Waals surface area contributed by atoms with Gasteiger partial charge in [0.05, 0.1) is 20.6 Å². The summed E-state index contributed by atoms with van der Waals surface area (Å²) < 4.78 is 1.02. The number of hydrogen-bond acceptors (Lipinski definition) is 1. The van der Waals surface area contributed by atoms with Crippen molar-refractivity contribution in [2.45, 2.75) is 104 Å². The minimum atomic E-state index is 0. The van der Waals surface area contributed by atoms with E-state index in [-0.39, 0.29) is 5.48 Å². The Morgan fingerprint density at radius 3 is 1.48 bits per heavy atom. The molecule has 0 fully saturated rings. The number of nitrogens with zero attached hydrogens (tertiary/aromatic N) is 1. The van der Waals surface area contributed by atoms with Crippen molar-refractivity contribution in [1.29, 1.82) is 0 Å². The first-order valence-corrected chi connectivity index (χ1v) is 11.5. The van der Waals surface area contributed by atoms with Crippen molar-refractivity contribution >= 4 is 5.69 Å². The Morgan fingerprint density at radius 1 is 0.630 bits per heavy atom. The monoisotopic (exact) mass is 377 g/mol. The first kappa shape index (κ1) is 26.1. The average Bonchev–Trinajstić information content (AvgIpc) is 2.62. The predicted molar refractivity (Wildman–Crippen MR) is 122 cm³/mol. The van der Waals surface area contributed by atoms with Crippen LogP contribution in [0.25, 0.3) is 0 Å². The molecule has 1 aromatic carbocycles. The summed E-state index contributed by atoms with van der Waals surface area (Å²) in [4.78, 5) is 0. The molecule has 0 unspecified atom stereocenters. The Kier molecular flexibility index (Phi) is 15.6. The fourth-order valence-electron chi connectivity index (χ4n) is 4.06. The van der Waals surface area contributed by atoms with E-state index in [0.29, 0.717) is 0 Å². The smallest absolute Gasteiger partial charge is 0.135 e. The van der Waals surface area contributed by atoms with Crippen molar-refractivity contribution in [3.63, 3.8) is 0 Å². The third-order valence-electron chi connectivity index (χ3n) is 5.84. The lowest BCUT2D eigenvalue weighted by molar-refractivity contribution is 0.379. The van der Waals surface area contributed by atoms with Crippen molar-refractivity contribution in [2.24, 2.45) is 0 Å². The van der Waals surface area contributed by atoms with Gasteiger partial charge < -0.3 is 5.48 Å². The van der Waals surface area contributed by atoms with Gasteiger partial charge in [0.1, 0.15) is 5.69 Å². The van der Waals surface area contributed by atoms with Crippen LogP contribution in [-0.4, -0.2) is 26.1 Å². The number of hydrogen-bond donors (Lipinski definition) is 0. The number of para-hydroxylation sites is 1. The van der Waals surface area contributed by atoms with Gasteiger partial charge in [-0.25, -0.2) is 0 Å². The van der Waals surface area contributed by atoms with Gasteiger partial charge >= 0.3 is 0 Å². The Hall–Kier alpha value is -0.860. The lowest BCUT2D eigenvalue weighted by Gasteiger charge is -2.30. The summed E-state index contributed by atoms with van der Waals surface area (Å²) >= 11 is 0. The zero-order valence-corrected chi connectivity index (χ0v) is 18.8. The van der Waals surface area contributed by atoms with Crippen LogP contribution < -0.4 is 4.48 Å². The van der Waals surface area contributed by atoms with Gasteiger partial charge in [-0.15, -0.1) is 0 Å². The van der Waals surface area contributed by atoms with Gasteiger partial charge in [0.2, 0.25) is 0 Å². The van der Waals surface area contributed by atoms with Gasteiger partial charge in [0, 0.05) is 5.56 Å². The predicted octanol–water partition coefficient (Wildman–Crippen LogP) is 7.87. The van der Waals surface area contributed by atoms with Crippen LogP contribution in [0.15, 0.2) is 24.3 Å². The second kappa shape index (κ2) is 16.1. The Morgan fingerprint density at radius 2 is 1.04 bits per heavy atom. The molecule has 158 valence electrons. The molecule has 0 saturated carbocycles. The topological polar surface area (TPSA) is 30.0 Å². The van der Waals surface area contributed by atoms with Gasteiger partial charge in [-0.1, -0.05) is 102 Å². The maximum atomic E-state index is 2.35. The third kappa shape index (κ3) is 12.3. The second-order valence-electron chi connectivity index (χ2n) is 8.79. The van der Waals surface area contributed by atoms with Crippen LogP contribution in [0.2, 0.25) is 0 Å². The van der Waals surface area contributed by atoms with Gasteiger partial charge in [-0.2, -0.15) is 0 Å². The highest BCUT2D eigenvalue weighted by Gasteiger charge is 2.19. The molecule has 0 aliphatic heterocycles. The maximum Gasteiger partial charge on any atom is 0.135 e. The summed E-state index contributed by atoms with van der Waals surface area (Å²) in [5, 5.41) is 0. The molecule has 27 heavy (non-hydrogen) atoms. The normalized spacial score (nSPS) is 11.4. The first-order chi connectivity index (χ1) is 12.6. The molecule has 1 rings (SSSR count). The molecule has 0 aliphatic rings. The standard InChI is InChI=1S/C25H46N.H2O/c1-5-6-7-8-9-10-11-12-13-14-15-16-17-20-23-26(3,4)25-22-19-18-21-24(25)2;/h18-19,21-22H,5-17,20,23H2,1-4H3;1H2/q+1;/p-1. The highest BCUT2D eigenvalue weighted by Crippen LogP contribution is 2.24. The van der Waals surface area contributed by atoms with Crippen LogP contribution >= 0.6 is 0 Å². The van der Waals surface area contributed by atoms with Crippen molar-refractivity contribution in [1.82, 2.24) is 4.48 Å². The first-order valence-electron chi connectivity index (χ1n) is 11.5. The van der Waals surface area contributed by atoms with Crippen molar-refractivity contribution in [3.8, 4) is 0 Å². The van der Waals surface area contributed by atoms with Crippen LogP contribution in [-0.2, 0) is 0 Å². The Labute approximate surface area is 170 Å². The molecule has 0 bridgehead atoms. The molecule has 0 radical (unpaired) electrons. The van der Waals surface area contributed by atoms with Crippen LogP contribution in [0.3, 0.4) is 0 Å². The van der Waals surface area contributed by atoms with Gasteiger partial charge in [0.25, 0.3) is 0 Å². The maximum absolute atomic E-state index is 2.35. The molecule has 0 atom stereocenters. The zero-order chi connectivity index (χ0) is 19.1. The SMILES string of the molecule is CCCCCCCCCCCCCCCC[N+](C)(C)c1ccccc1C.[OH-]. The molecule has 1 N–H and O–H groups in total. The lowest BCUT2D eigenvalue weighted by Crippen LogP contribution is -2.41. The van der Waals surface area contributed by atoms with E-state index in [2.05, 4.69) is 52.2 Å². The molecule has 0 heterocycles. The number of quaternary nitrogens is 1. The molecular weight excluding hydrogens is 330 g/mol. The fraction of sp³-hybridized carbons (Fsp3) is 0.760. The van der Waals surface area contributed by atoms with E-state index in [0.717, 1.165) is 4.48 Å². The van der Waals surface area contributed by atoms with Gasteiger partial charge in [-0.05, 0) is 25.8 Å². The van der Waals surface area contributed by atoms with Crippen molar-refractivity contribution in [3.05, 3.63) is 29.8 Å². The minimum Gasteiger partial charge on any atom is -0.870 e. The average molecular weight is 378 g/mol. The molecule has 2 nitrogen and oxygen atoms in total. The molecule has 0 aromatic heterocycles. The van der Waals surface area contributed by atoms with E-state index in [1.54, 1.807) is 0 Å². The summed E-state index contributed by atoms with van der Waals surface area (Å²) in [5.41, 5.74) is 2.89. The minimum absolute atomic E-state index is 0. The molecule has 1 aromatic rings. The second-order valence-corrected chi connectivity index (χ2v) is 8.79. The van der Waals surface area contributed by atoms with E-state index < -0.39 is 0 Å². The number of rotatable bonds is 16. The molecule has 0 amide bonds. The van der Waals surface area contributed by atoms with E-state index in [9.17, 15) is 0 Å². The molecular formula is C25H47NO. The molecule has 2 heteroatoms. The quantitative estimate of drug-likeness (QED) is 0.213. The van der Waals surface area contributed by atoms with Crippen LogP contribution in [0.5, 0.6) is 0 Å². The summed E-state index contributed by atoms with van der Waals surface area (Å²) in [7, 11) is 4.70. The van der Waals surface area contributed by atoms with E-state index in [4.69, 9.17) is 0 Å². The summed E-state index contributed by atoms with van der Waals surface area (Å²) in [6.45, 7) is 5.79. The molecule has 0 aliphatic carbocycles. The Bertz CT molecular complexity index is 455. The van der Waals surface area contributed by atoms with E-state index in [1.807, 2.05) is 0 Å². The largest absolute Gasteiger partial charge is 0.870 e. The van der Waals surface area contributed by atoms with Crippen molar-refractivity contribution < 1.29 is 5.48 Å². The zero-order valence-electron chi connectivity index (χ0n) is 18.8. The molecule has 0 saturated heterocycles. The highest BCUT2D eigenvalue weighted by atomic mass is 16.0. The van der Waals surface area contributed by atoms with Crippen LogP contribution in [0.4, 0.5) is 5.69 Å². The fourth-order valence-corrected chi connectivity index (χ4v) is 4.06. The van der Waals surface area contributed by atoms with E-state index in [1.165, 1.54) is 108 Å². The van der Waals surface area contributed by atoms with E-state index >= 15 is 0 Å². The number of benzene rings is 1. The third-order valence-corrected chi connectivity index (χ3v) is 5.84.